The molecule has 0 atom stereocenters. The number of halogens is 1. The number of aromatic amines is 1. The van der Waals surface area contributed by atoms with Crippen molar-refractivity contribution in [2.45, 2.75) is 19.8 Å². The number of aromatic nitrogens is 4. The summed E-state index contributed by atoms with van der Waals surface area (Å²) < 4.78 is 13.3. The molecule has 0 spiro atoms. The number of hydrogen-bond acceptors (Lipinski definition) is 6. The molecule has 9 heteroatoms. The number of benzene rings is 1. The lowest BCUT2D eigenvalue weighted by Gasteiger charge is -2.15. The Labute approximate surface area is 176 Å². The number of pyridine rings is 1. The molecule has 0 aliphatic heterocycles. The van der Waals surface area contributed by atoms with Gasteiger partial charge in [-0.15, -0.1) is 0 Å². The smallest absolute Gasteiger partial charge is 0.377 e. The lowest BCUT2D eigenvalue weighted by Crippen LogP contribution is -2.12. The molecule has 156 valence electrons. The molecule has 0 aliphatic rings. The first-order chi connectivity index (χ1) is 14.8. The molecular formula is C22H18FN5O3. The first-order valence-electron chi connectivity index (χ1n) is 9.48. The Morgan fingerprint density at radius 2 is 1.87 bits per heavy atom. The topological polar surface area (TPSA) is 121 Å². The quantitative estimate of drug-likeness (QED) is 0.315. The molecule has 0 aliphatic carbocycles. The molecular weight excluding hydrogens is 401 g/mol. The minimum Gasteiger partial charge on any atom is -0.475 e. The van der Waals surface area contributed by atoms with Gasteiger partial charge in [-0.05, 0) is 36.2 Å². The summed E-state index contributed by atoms with van der Waals surface area (Å²) in [4.78, 5) is 39.4. The molecule has 0 radical (unpaired) electrons. The van der Waals surface area contributed by atoms with Gasteiger partial charge < -0.3 is 15.4 Å². The van der Waals surface area contributed by atoms with E-state index in [1.54, 1.807) is 24.4 Å². The average molecular weight is 419 g/mol. The van der Waals surface area contributed by atoms with Crippen molar-refractivity contribution < 1.29 is 19.1 Å². The van der Waals surface area contributed by atoms with E-state index in [0.717, 1.165) is 5.56 Å². The van der Waals surface area contributed by atoms with E-state index in [1.165, 1.54) is 24.5 Å². The number of carboxylic acids is 1. The molecule has 0 bridgehead atoms. The minimum atomic E-state index is -1.56. The second kappa shape index (κ2) is 7.94. The maximum absolute atomic E-state index is 13.3. The van der Waals surface area contributed by atoms with Crippen LogP contribution >= 0.6 is 0 Å². The number of carbonyl (C=O) groups is 2. The summed E-state index contributed by atoms with van der Waals surface area (Å²) in [5, 5.41) is 12.7. The van der Waals surface area contributed by atoms with E-state index in [-0.39, 0.29) is 17.3 Å². The Morgan fingerprint density at radius 1 is 1.13 bits per heavy atom. The number of carbonyl (C=O) groups excluding carboxylic acids is 1. The summed E-state index contributed by atoms with van der Waals surface area (Å²) in [5.74, 6) is -1.99. The standard InChI is InChI=1S/C22H18FN5O3/c1-11(2)14-9-25-19(12-3-5-13(23)6-4-12)28-20(14)27-16-7-8-24-21-17(16)15(10-26-21)18(29)22(30)31/h3-11H,1-2H3,(H,30,31)(H2,24,25,26,27,28). The van der Waals surface area contributed by atoms with E-state index in [9.17, 15) is 14.0 Å². The van der Waals surface area contributed by atoms with Gasteiger partial charge >= 0.3 is 5.97 Å². The van der Waals surface area contributed by atoms with Gasteiger partial charge in [0.25, 0.3) is 5.78 Å². The van der Waals surface area contributed by atoms with Crippen molar-refractivity contribution in [1.82, 2.24) is 19.9 Å². The van der Waals surface area contributed by atoms with E-state index in [1.807, 2.05) is 13.8 Å². The van der Waals surface area contributed by atoms with Crippen molar-refractivity contribution in [3.05, 3.63) is 65.9 Å². The molecule has 3 aromatic heterocycles. The molecule has 3 heterocycles. The Balaban J connectivity index is 1.83. The van der Waals surface area contributed by atoms with Crippen LogP contribution in [0.15, 0.2) is 48.9 Å². The van der Waals surface area contributed by atoms with Gasteiger partial charge in [0.05, 0.1) is 16.6 Å². The Morgan fingerprint density at radius 3 is 2.55 bits per heavy atom. The number of H-pyrrole nitrogens is 1. The molecule has 4 rings (SSSR count). The molecule has 0 saturated carbocycles. The Hall–Kier alpha value is -4.14. The first kappa shape index (κ1) is 20.1. The van der Waals surface area contributed by atoms with Crippen LogP contribution in [-0.2, 0) is 4.79 Å². The molecule has 0 amide bonds. The van der Waals surface area contributed by atoms with Crippen LogP contribution in [0.25, 0.3) is 22.4 Å². The second-order valence-corrected chi connectivity index (χ2v) is 7.20. The molecule has 3 N–H and O–H groups in total. The van der Waals surface area contributed by atoms with Crippen LogP contribution in [-0.4, -0.2) is 36.8 Å². The van der Waals surface area contributed by atoms with Crippen LogP contribution in [0.4, 0.5) is 15.9 Å². The van der Waals surface area contributed by atoms with Gasteiger partial charge in [0.15, 0.2) is 5.82 Å². The van der Waals surface area contributed by atoms with Crippen LogP contribution in [0, 0.1) is 5.82 Å². The number of nitrogens with one attached hydrogen (secondary N) is 2. The van der Waals surface area contributed by atoms with Gasteiger partial charge in [0.1, 0.15) is 17.3 Å². The zero-order valence-electron chi connectivity index (χ0n) is 16.7. The summed E-state index contributed by atoms with van der Waals surface area (Å²) in [7, 11) is 0. The molecule has 0 saturated heterocycles. The van der Waals surface area contributed by atoms with E-state index in [0.29, 0.717) is 33.9 Å². The van der Waals surface area contributed by atoms with Gasteiger partial charge in [-0.2, -0.15) is 0 Å². The SMILES string of the molecule is CC(C)c1cnc(-c2ccc(F)cc2)nc1Nc1ccnc2[nH]cc(C(=O)C(=O)O)c12. The van der Waals surface area contributed by atoms with Crippen LogP contribution in [0.2, 0.25) is 0 Å². The molecule has 0 unspecified atom stereocenters. The maximum Gasteiger partial charge on any atom is 0.377 e. The van der Waals surface area contributed by atoms with Gasteiger partial charge in [0.2, 0.25) is 0 Å². The number of hydrogen-bond donors (Lipinski definition) is 3. The monoisotopic (exact) mass is 419 g/mol. The predicted octanol–water partition coefficient (Wildman–Crippen LogP) is 4.29. The summed E-state index contributed by atoms with van der Waals surface area (Å²) in [5.41, 5.74) is 2.30. The van der Waals surface area contributed by atoms with Gasteiger partial charge in [-0.3, -0.25) is 4.79 Å². The van der Waals surface area contributed by atoms with Crippen LogP contribution in [0.3, 0.4) is 0 Å². The summed E-state index contributed by atoms with van der Waals surface area (Å²) in [6.07, 6.45) is 4.55. The predicted molar refractivity (Wildman–Crippen MR) is 113 cm³/mol. The van der Waals surface area contributed by atoms with Gasteiger partial charge in [-0.25, -0.2) is 24.1 Å². The molecule has 4 aromatic rings. The Bertz CT molecular complexity index is 1300. The van der Waals surface area contributed by atoms with Crippen molar-refractivity contribution >= 4 is 34.3 Å². The number of fused-ring (bicyclic) bond motifs is 1. The van der Waals surface area contributed by atoms with E-state index >= 15 is 0 Å². The number of nitrogens with zero attached hydrogens (tertiary/aromatic N) is 3. The third-order valence-electron chi connectivity index (χ3n) is 4.81. The summed E-state index contributed by atoms with van der Waals surface area (Å²) in [6.45, 7) is 3.97. The van der Waals surface area contributed by atoms with E-state index in [2.05, 4.69) is 25.3 Å². The fraction of sp³-hybridized carbons (Fsp3) is 0.136. The largest absolute Gasteiger partial charge is 0.475 e. The fourth-order valence-electron chi connectivity index (χ4n) is 3.23. The number of carboxylic acid groups (broad SMARTS) is 1. The van der Waals surface area contributed by atoms with Crippen LogP contribution < -0.4 is 5.32 Å². The highest BCUT2D eigenvalue weighted by Gasteiger charge is 2.22. The number of rotatable bonds is 6. The van der Waals surface area contributed by atoms with Crippen LogP contribution in [0.5, 0.6) is 0 Å². The highest BCUT2D eigenvalue weighted by molar-refractivity contribution is 6.42. The molecule has 0 fully saturated rings. The van der Waals surface area contributed by atoms with Crippen molar-refractivity contribution in [3.8, 4) is 11.4 Å². The zero-order valence-corrected chi connectivity index (χ0v) is 16.7. The summed E-state index contributed by atoms with van der Waals surface area (Å²) >= 11 is 0. The molecule has 8 nitrogen and oxygen atoms in total. The Kier molecular flexibility index (Phi) is 5.16. The van der Waals surface area contributed by atoms with Crippen molar-refractivity contribution in [2.75, 3.05) is 5.32 Å². The lowest BCUT2D eigenvalue weighted by molar-refractivity contribution is -0.131. The highest BCUT2D eigenvalue weighted by Crippen LogP contribution is 2.32. The maximum atomic E-state index is 13.3. The van der Waals surface area contributed by atoms with Gasteiger partial charge in [0, 0.05) is 29.7 Å². The normalized spacial score (nSPS) is 11.1. The number of ketones is 1. The van der Waals surface area contributed by atoms with E-state index < -0.39 is 11.8 Å². The number of Topliss-reactive ketones (excluding diaryl/α,β-unsaturated/α-hetero) is 1. The molecule has 31 heavy (non-hydrogen) atoms. The van der Waals surface area contributed by atoms with E-state index in [4.69, 9.17) is 5.11 Å². The summed E-state index contributed by atoms with van der Waals surface area (Å²) in [6, 6.07) is 7.47. The average Bonchev–Trinajstić information content (AvgIpc) is 3.18. The third-order valence-corrected chi connectivity index (χ3v) is 4.81. The lowest BCUT2D eigenvalue weighted by atomic mass is 10.0. The zero-order chi connectivity index (χ0) is 22.1. The van der Waals surface area contributed by atoms with Crippen molar-refractivity contribution in [3.63, 3.8) is 0 Å². The molecule has 1 aromatic carbocycles. The fourth-order valence-corrected chi connectivity index (χ4v) is 3.23. The van der Waals surface area contributed by atoms with Crippen molar-refractivity contribution in [1.29, 1.82) is 0 Å². The van der Waals surface area contributed by atoms with Gasteiger partial charge in [-0.1, -0.05) is 13.8 Å². The number of anilines is 2. The highest BCUT2D eigenvalue weighted by atomic mass is 19.1. The van der Waals surface area contributed by atoms with Crippen molar-refractivity contribution in [2.24, 2.45) is 0 Å². The minimum absolute atomic E-state index is 0.00277. The second-order valence-electron chi connectivity index (χ2n) is 7.20. The first-order valence-corrected chi connectivity index (χ1v) is 9.48. The number of aliphatic carboxylic acids is 1. The van der Waals surface area contributed by atoms with Crippen LogP contribution in [0.1, 0.15) is 35.7 Å². The third kappa shape index (κ3) is 3.85.